The summed E-state index contributed by atoms with van der Waals surface area (Å²) in [5, 5.41) is 6.96. The minimum absolute atomic E-state index is 0.0988. The molecule has 0 atom stereocenters. The molecule has 3 rings (SSSR count). The molecule has 2 amide bonds. The first kappa shape index (κ1) is 13.4. The smallest absolute Gasteiger partial charge is 0.229 e. The number of hydrogen-bond acceptors (Lipinski definition) is 5. The van der Waals surface area contributed by atoms with Crippen molar-refractivity contribution >= 4 is 11.8 Å². The van der Waals surface area contributed by atoms with Gasteiger partial charge in [-0.15, -0.1) is 0 Å². The van der Waals surface area contributed by atoms with Crippen molar-refractivity contribution in [2.75, 3.05) is 6.54 Å². The van der Waals surface area contributed by atoms with E-state index >= 15 is 0 Å². The molecule has 0 unspecified atom stereocenters. The van der Waals surface area contributed by atoms with Crippen LogP contribution in [0.3, 0.4) is 0 Å². The molecule has 0 spiro atoms. The largest absolute Gasteiger partial charge is 0.282 e. The Morgan fingerprint density at radius 2 is 2.05 bits per heavy atom. The molecule has 1 saturated heterocycles. The van der Waals surface area contributed by atoms with Crippen LogP contribution in [0.25, 0.3) is 11.4 Å². The minimum atomic E-state index is -0.0988. The lowest BCUT2D eigenvalue weighted by atomic mass is 10.1. The van der Waals surface area contributed by atoms with Crippen molar-refractivity contribution in [3.63, 3.8) is 0 Å². The van der Waals surface area contributed by atoms with Crippen molar-refractivity contribution in [3.05, 3.63) is 30.4 Å². The zero-order chi connectivity index (χ0) is 14.7. The fraction of sp³-hybridized carbons (Fsp3) is 0.357. The molecule has 1 N–H and O–H groups in total. The fourth-order valence-corrected chi connectivity index (χ4v) is 2.30. The Morgan fingerprint density at radius 3 is 2.76 bits per heavy atom. The second-order valence-corrected chi connectivity index (χ2v) is 4.89. The molecule has 0 saturated carbocycles. The number of carbonyl (C=O) groups excluding carboxylic acids is 2. The van der Waals surface area contributed by atoms with Crippen LogP contribution in [0.4, 0.5) is 0 Å². The van der Waals surface area contributed by atoms with Crippen molar-refractivity contribution in [1.82, 2.24) is 25.1 Å². The molecule has 3 heterocycles. The van der Waals surface area contributed by atoms with Gasteiger partial charge in [-0.1, -0.05) is 0 Å². The summed E-state index contributed by atoms with van der Waals surface area (Å²) in [6, 6.07) is 3.69. The van der Waals surface area contributed by atoms with Gasteiger partial charge in [0.15, 0.2) is 5.82 Å². The first-order valence-electron chi connectivity index (χ1n) is 6.89. The van der Waals surface area contributed by atoms with E-state index in [9.17, 15) is 9.59 Å². The summed E-state index contributed by atoms with van der Waals surface area (Å²) >= 11 is 0. The lowest BCUT2D eigenvalue weighted by Crippen LogP contribution is -2.41. The predicted octanol–water partition coefficient (Wildman–Crippen LogP) is 0.948. The number of piperidine rings is 1. The van der Waals surface area contributed by atoms with E-state index in [1.54, 1.807) is 12.4 Å². The highest BCUT2D eigenvalue weighted by Crippen LogP contribution is 2.14. The summed E-state index contributed by atoms with van der Waals surface area (Å²) in [5.74, 6) is 1.02. The zero-order valence-corrected chi connectivity index (χ0v) is 11.5. The normalized spacial score (nSPS) is 15.5. The Morgan fingerprint density at radius 1 is 1.24 bits per heavy atom. The number of likely N-dealkylation sites (tertiary alicyclic amines) is 1. The van der Waals surface area contributed by atoms with Crippen LogP contribution in [-0.2, 0) is 16.0 Å². The third kappa shape index (κ3) is 2.96. The van der Waals surface area contributed by atoms with E-state index in [1.165, 1.54) is 4.90 Å². The van der Waals surface area contributed by atoms with Crippen molar-refractivity contribution in [2.24, 2.45) is 0 Å². The van der Waals surface area contributed by atoms with Gasteiger partial charge in [-0.25, -0.2) is 4.98 Å². The van der Waals surface area contributed by atoms with Crippen molar-refractivity contribution in [3.8, 4) is 11.4 Å². The van der Waals surface area contributed by atoms with Gasteiger partial charge in [-0.05, 0) is 18.6 Å². The number of aromatic nitrogens is 4. The predicted molar refractivity (Wildman–Crippen MR) is 73.9 cm³/mol. The Balaban J connectivity index is 1.65. The van der Waals surface area contributed by atoms with Gasteiger partial charge in [0.05, 0.1) is 0 Å². The Kier molecular flexibility index (Phi) is 3.72. The third-order valence-corrected chi connectivity index (χ3v) is 3.41. The number of imide groups is 1. The lowest BCUT2D eigenvalue weighted by molar-refractivity contribution is -0.147. The highest BCUT2D eigenvalue weighted by Gasteiger charge is 2.25. The standard InChI is InChI=1S/C14H15N5O2/c20-12-4-1-5-13(21)19(12)8-6-11-16-14(18-17-11)10-3-2-7-15-9-10/h2-3,7,9H,1,4-6,8H2,(H,16,17,18). The van der Waals surface area contributed by atoms with E-state index in [2.05, 4.69) is 20.2 Å². The molecular weight excluding hydrogens is 270 g/mol. The molecule has 7 nitrogen and oxygen atoms in total. The highest BCUT2D eigenvalue weighted by molar-refractivity contribution is 5.97. The van der Waals surface area contributed by atoms with Crippen LogP contribution in [0.15, 0.2) is 24.5 Å². The summed E-state index contributed by atoms with van der Waals surface area (Å²) in [6.45, 7) is 0.347. The van der Waals surface area contributed by atoms with Gasteiger partial charge in [0, 0.05) is 43.8 Å². The van der Waals surface area contributed by atoms with E-state index in [-0.39, 0.29) is 11.8 Å². The molecule has 21 heavy (non-hydrogen) atoms. The number of amides is 2. The van der Waals surface area contributed by atoms with Crippen LogP contribution >= 0.6 is 0 Å². The van der Waals surface area contributed by atoms with E-state index < -0.39 is 0 Å². The Labute approximate surface area is 121 Å². The molecule has 0 bridgehead atoms. The van der Waals surface area contributed by atoms with Gasteiger partial charge in [0.2, 0.25) is 11.8 Å². The number of nitrogens with zero attached hydrogens (tertiary/aromatic N) is 4. The quantitative estimate of drug-likeness (QED) is 0.844. The highest BCUT2D eigenvalue weighted by atomic mass is 16.2. The molecule has 7 heteroatoms. The minimum Gasteiger partial charge on any atom is -0.282 e. The molecule has 1 aliphatic heterocycles. The number of H-pyrrole nitrogens is 1. The Hall–Kier alpha value is -2.57. The summed E-state index contributed by atoms with van der Waals surface area (Å²) in [6.07, 6.45) is 5.40. The number of pyridine rings is 1. The SMILES string of the molecule is O=C1CCCC(=O)N1CCc1nc(-c2cccnc2)n[nH]1. The molecule has 1 aliphatic rings. The van der Waals surface area contributed by atoms with Crippen LogP contribution in [0, 0.1) is 0 Å². The van der Waals surface area contributed by atoms with Gasteiger partial charge in [-0.3, -0.25) is 24.6 Å². The first-order chi connectivity index (χ1) is 10.2. The number of rotatable bonds is 4. The monoisotopic (exact) mass is 285 g/mol. The second-order valence-electron chi connectivity index (χ2n) is 4.89. The molecule has 0 aliphatic carbocycles. The van der Waals surface area contributed by atoms with E-state index in [4.69, 9.17) is 0 Å². The molecule has 1 fully saturated rings. The fourth-order valence-electron chi connectivity index (χ4n) is 2.30. The van der Waals surface area contributed by atoms with Crippen LogP contribution in [0.1, 0.15) is 25.1 Å². The van der Waals surface area contributed by atoms with Crippen LogP contribution in [0.2, 0.25) is 0 Å². The van der Waals surface area contributed by atoms with Crippen LogP contribution in [0.5, 0.6) is 0 Å². The molecule has 0 radical (unpaired) electrons. The van der Waals surface area contributed by atoms with Gasteiger partial charge in [0.25, 0.3) is 0 Å². The molecule has 2 aromatic rings. The van der Waals surface area contributed by atoms with Crippen LogP contribution < -0.4 is 0 Å². The summed E-state index contributed by atoms with van der Waals surface area (Å²) in [7, 11) is 0. The van der Waals surface area contributed by atoms with E-state index in [1.807, 2.05) is 12.1 Å². The van der Waals surface area contributed by atoms with Gasteiger partial charge < -0.3 is 0 Å². The zero-order valence-electron chi connectivity index (χ0n) is 11.5. The molecule has 2 aromatic heterocycles. The molecule has 108 valence electrons. The van der Waals surface area contributed by atoms with Gasteiger partial charge in [-0.2, -0.15) is 5.10 Å². The summed E-state index contributed by atoms with van der Waals surface area (Å²) in [5.41, 5.74) is 0.824. The van der Waals surface area contributed by atoms with Crippen molar-refractivity contribution in [1.29, 1.82) is 0 Å². The van der Waals surface area contributed by atoms with Crippen LogP contribution in [-0.4, -0.2) is 43.4 Å². The topological polar surface area (TPSA) is 91.8 Å². The maximum absolute atomic E-state index is 11.7. The molecule has 0 aromatic carbocycles. The number of nitrogens with one attached hydrogen (secondary N) is 1. The van der Waals surface area contributed by atoms with Crippen molar-refractivity contribution < 1.29 is 9.59 Å². The van der Waals surface area contributed by atoms with E-state index in [0.717, 1.165) is 5.56 Å². The number of carbonyl (C=O) groups is 2. The summed E-state index contributed by atoms with van der Waals surface area (Å²) in [4.78, 5) is 33.1. The van der Waals surface area contributed by atoms with Gasteiger partial charge >= 0.3 is 0 Å². The third-order valence-electron chi connectivity index (χ3n) is 3.41. The molecular formula is C14H15N5O2. The average Bonchev–Trinajstić information content (AvgIpc) is 2.97. The summed E-state index contributed by atoms with van der Waals surface area (Å²) < 4.78 is 0. The maximum Gasteiger partial charge on any atom is 0.229 e. The lowest BCUT2D eigenvalue weighted by Gasteiger charge is -2.24. The van der Waals surface area contributed by atoms with Gasteiger partial charge in [0.1, 0.15) is 5.82 Å². The maximum atomic E-state index is 11.7. The number of hydrogen-bond donors (Lipinski definition) is 1. The first-order valence-corrected chi connectivity index (χ1v) is 6.89. The second kappa shape index (κ2) is 5.82. The average molecular weight is 285 g/mol. The van der Waals surface area contributed by atoms with Crippen molar-refractivity contribution in [2.45, 2.75) is 25.7 Å². The Bertz CT molecular complexity index is 636. The van der Waals surface area contributed by atoms with E-state index in [0.29, 0.717) is 43.9 Å². The number of aromatic amines is 1.